The van der Waals surface area contributed by atoms with Crippen molar-refractivity contribution in [1.29, 1.82) is 5.41 Å². The molecule has 0 radical (unpaired) electrons. The normalized spacial score (nSPS) is 10.8. The molecule has 0 bridgehead atoms. The monoisotopic (exact) mass is 296 g/mol. The Balaban J connectivity index is 1.94. The van der Waals surface area contributed by atoms with Crippen molar-refractivity contribution in [3.63, 3.8) is 0 Å². The third kappa shape index (κ3) is 2.34. The highest BCUT2D eigenvalue weighted by Crippen LogP contribution is 2.26. The topological polar surface area (TPSA) is 28.8 Å². The van der Waals surface area contributed by atoms with Gasteiger partial charge in [-0.2, -0.15) is 0 Å². The Morgan fingerprint density at radius 3 is 2.04 bits per heavy atom. The van der Waals surface area contributed by atoms with Crippen LogP contribution in [0.3, 0.4) is 0 Å². The molecule has 2 nitrogen and oxygen atoms in total. The second kappa shape index (κ2) is 5.58. The Morgan fingerprint density at radius 2 is 1.30 bits per heavy atom. The van der Waals surface area contributed by atoms with E-state index in [1.54, 1.807) is 0 Å². The van der Waals surface area contributed by atoms with Crippen molar-refractivity contribution >= 4 is 16.6 Å². The molecule has 23 heavy (non-hydrogen) atoms. The lowest BCUT2D eigenvalue weighted by molar-refractivity contribution is 1.12. The minimum atomic E-state index is 0.552. The van der Waals surface area contributed by atoms with Crippen LogP contribution in [-0.2, 0) is 0 Å². The van der Waals surface area contributed by atoms with E-state index < -0.39 is 0 Å². The summed E-state index contributed by atoms with van der Waals surface area (Å²) in [6, 6.07) is 28.4. The lowest BCUT2D eigenvalue weighted by Crippen LogP contribution is -2.00. The quantitative estimate of drug-likeness (QED) is 0.513. The van der Waals surface area contributed by atoms with Crippen LogP contribution in [0.4, 0.5) is 0 Å². The molecular weight excluding hydrogens is 280 g/mol. The first-order valence-corrected chi connectivity index (χ1v) is 7.64. The summed E-state index contributed by atoms with van der Waals surface area (Å²) >= 11 is 0. The number of aromatic nitrogens is 1. The lowest BCUT2D eigenvalue weighted by Gasteiger charge is -2.04. The molecule has 4 rings (SSSR count). The predicted octanol–water partition coefficient (Wildman–Crippen LogP) is 5.05. The summed E-state index contributed by atoms with van der Waals surface area (Å²) in [5.41, 5.74) is 4.67. The van der Waals surface area contributed by atoms with Crippen molar-refractivity contribution in [3.05, 3.63) is 102 Å². The van der Waals surface area contributed by atoms with E-state index in [0.717, 1.165) is 27.7 Å². The molecule has 0 unspecified atom stereocenters. The zero-order chi connectivity index (χ0) is 15.6. The molecule has 0 aliphatic carbocycles. The molecule has 2 heteroatoms. The number of benzene rings is 3. The summed E-state index contributed by atoms with van der Waals surface area (Å²) < 4.78 is 2.15. The second-order valence-corrected chi connectivity index (χ2v) is 5.51. The first-order chi connectivity index (χ1) is 11.3. The molecule has 1 aromatic heterocycles. The Morgan fingerprint density at radius 1 is 0.696 bits per heavy atom. The number of rotatable bonds is 3. The van der Waals surface area contributed by atoms with Gasteiger partial charge in [-0.25, -0.2) is 0 Å². The maximum Gasteiger partial charge on any atom is 0.0706 e. The molecule has 0 saturated carbocycles. The van der Waals surface area contributed by atoms with Gasteiger partial charge in [-0.3, -0.25) is 5.41 Å². The molecule has 4 aromatic rings. The van der Waals surface area contributed by atoms with E-state index in [4.69, 9.17) is 5.41 Å². The minimum Gasteiger partial charge on any atom is -0.316 e. The Hall–Kier alpha value is -3.13. The first-order valence-electron chi connectivity index (χ1n) is 7.64. The summed E-state index contributed by atoms with van der Waals surface area (Å²) in [5, 5.41) is 9.72. The molecule has 0 amide bonds. The van der Waals surface area contributed by atoms with Gasteiger partial charge < -0.3 is 4.57 Å². The Labute approximate surface area is 135 Å². The zero-order valence-electron chi connectivity index (χ0n) is 12.6. The van der Waals surface area contributed by atoms with Crippen molar-refractivity contribution in [1.82, 2.24) is 4.57 Å². The van der Waals surface area contributed by atoms with Crippen LogP contribution in [0, 0.1) is 5.41 Å². The van der Waals surface area contributed by atoms with Gasteiger partial charge in [-0.1, -0.05) is 66.7 Å². The smallest absolute Gasteiger partial charge is 0.0706 e. The van der Waals surface area contributed by atoms with Crippen molar-refractivity contribution in [2.24, 2.45) is 0 Å². The maximum atomic E-state index is 8.62. The van der Waals surface area contributed by atoms with E-state index in [9.17, 15) is 0 Å². The average Bonchev–Trinajstić information content (AvgIpc) is 3.02. The Bertz CT molecular complexity index is 967. The van der Waals surface area contributed by atoms with Crippen LogP contribution < -0.4 is 0 Å². The van der Waals surface area contributed by atoms with E-state index >= 15 is 0 Å². The summed E-state index contributed by atoms with van der Waals surface area (Å²) in [6.45, 7) is 0. The van der Waals surface area contributed by atoms with Crippen LogP contribution in [0.25, 0.3) is 16.6 Å². The highest BCUT2D eigenvalue weighted by Gasteiger charge is 2.14. The summed E-state index contributed by atoms with van der Waals surface area (Å²) in [4.78, 5) is 0. The largest absolute Gasteiger partial charge is 0.316 e. The molecule has 0 aliphatic rings. The third-order valence-electron chi connectivity index (χ3n) is 4.08. The third-order valence-corrected chi connectivity index (χ3v) is 4.08. The molecule has 1 heterocycles. The number of nitrogens with zero attached hydrogens (tertiary/aromatic N) is 1. The predicted molar refractivity (Wildman–Crippen MR) is 95.6 cm³/mol. The molecular formula is C21H16N2. The highest BCUT2D eigenvalue weighted by molar-refractivity contribution is 6.18. The number of hydrogen-bond acceptors (Lipinski definition) is 1. The van der Waals surface area contributed by atoms with Crippen LogP contribution in [0.2, 0.25) is 0 Å². The van der Waals surface area contributed by atoms with E-state index in [1.807, 2.05) is 60.7 Å². The molecule has 0 spiro atoms. The van der Waals surface area contributed by atoms with Crippen molar-refractivity contribution in [2.45, 2.75) is 0 Å². The summed E-state index contributed by atoms with van der Waals surface area (Å²) in [6.07, 6.45) is 2.06. The van der Waals surface area contributed by atoms with E-state index in [0.29, 0.717) is 5.71 Å². The molecule has 110 valence electrons. The second-order valence-electron chi connectivity index (χ2n) is 5.51. The molecule has 0 saturated heterocycles. The van der Waals surface area contributed by atoms with Crippen LogP contribution in [0.5, 0.6) is 0 Å². The number of hydrogen-bond donors (Lipinski definition) is 1. The van der Waals surface area contributed by atoms with Gasteiger partial charge in [0.1, 0.15) is 0 Å². The molecule has 0 fully saturated rings. The van der Waals surface area contributed by atoms with Crippen LogP contribution in [-0.4, -0.2) is 10.3 Å². The molecule has 1 N–H and O–H groups in total. The fourth-order valence-corrected chi connectivity index (χ4v) is 2.94. The number of nitrogens with one attached hydrogen (secondary N) is 1. The van der Waals surface area contributed by atoms with Gasteiger partial charge >= 0.3 is 0 Å². The average molecular weight is 296 g/mol. The lowest BCUT2D eigenvalue weighted by atomic mass is 10.0. The van der Waals surface area contributed by atoms with Crippen molar-refractivity contribution in [2.75, 3.05) is 0 Å². The number of para-hydroxylation sites is 2. The van der Waals surface area contributed by atoms with Crippen molar-refractivity contribution in [3.8, 4) is 5.69 Å². The van der Waals surface area contributed by atoms with Gasteiger partial charge in [-0.05, 0) is 18.2 Å². The fourth-order valence-electron chi connectivity index (χ4n) is 2.94. The first kappa shape index (κ1) is 13.5. The van der Waals surface area contributed by atoms with Crippen molar-refractivity contribution < 1.29 is 0 Å². The zero-order valence-corrected chi connectivity index (χ0v) is 12.6. The van der Waals surface area contributed by atoms with Gasteiger partial charge in [0.2, 0.25) is 0 Å². The van der Waals surface area contributed by atoms with Gasteiger partial charge in [0, 0.05) is 28.4 Å². The van der Waals surface area contributed by atoms with Crippen LogP contribution in [0.1, 0.15) is 11.1 Å². The summed E-state index contributed by atoms with van der Waals surface area (Å²) in [7, 11) is 0. The standard InChI is InChI=1S/C21H16N2/c22-21(16-9-3-1-4-10-16)19-15-23(17-11-5-2-6-12-17)20-14-8-7-13-18(19)20/h1-15,22H. The van der Waals surface area contributed by atoms with Gasteiger partial charge in [-0.15, -0.1) is 0 Å². The fraction of sp³-hybridized carbons (Fsp3) is 0. The van der Waals surface area contributed by atoms with Crippen LogP contribution >= 0.6 is 0 Å². The highest BCUT2D eigenvalue weighted by atomic mass is 15.0. The molecule has 0 atom stereocenters. The van der Waals surface area contributed by atoms with Gasteiger partial charge in [0.05, 0.1) is 11.2 Å². The molecule has 3 aromatic carbocycles. The molecule has 0 aliphatic heterocycles. The van der Waals surface area contributed by atoms with E-state index in [-0.39, 0.29) is 0 Å². The summed E-state index contributed by atoms with van der Waals surface area (Å²) in [5.74, 6) is 0. The van der Waals surface area contributed by atoms with Gasteiger partial charge in [0.25, 0.3) is 0 Å². The van der Waals surface area contributed by atoms with Gasteiger partial charge in [0.15, 0.2) is 0 Å². The Kier molecular flexibility index (Phi) is 3.28. The SMILES string of the molecule is N=C(c1ccccc1)c1cn(-c2ccccc2)c2ccccc12. The maximum absolute atomic E-state index is 8.62. The van der Waals surface area contributed by atoms with E-state index in [2.05, 4.69) is 35.0 Å². The van der Waals surface area contributed by atoms with E-state index in [1.165, 1.54) is 0 Å². The minimum absolute atomic E-state index is 0.552. The van der Waals surface area contributed by atoms with Crippen LogP contribution in [0.15, 0.2) is 91.1 Å². The number of fused-ring (bicyclic) bond motifs is 1.